The van der Waals surface area contributed by atoms with Crippen molar-refractivity contribution in [1.82, 2.24) is 0 Å². The van der Waals surface area contributed by atoms with Crippen molar-refractivity contribution in [3.63, 3.8) is 0 Å². The van der Waals surface area contributed by atoms with Gasteiger partial charge in [-0.25, -0.2) is 0 Å². The molecule has 0 amide bonds. The highest BCUT2D eigenvalue weighted by Crippen LogP contribution is 2.20. The summed E-state index contributed by atoms with van der Waals surface area (Å²) < 4.78 is 5.49. The minimum Gasteiger partial charge on any atom is -0.491 e. The number of alkyl halides is 1. The molecule has 2 rings (SSSR count). The zero-order valence-electron chi connectivity index (χ0n) is 8.77. The van der Waals surface area contributed by atoms with Crippen molar-refractivity contribution in [2.24, 2.45) is 0 Å². The third-order valence-electron chi connectivity index (χ3n) is 2.34. The van der Waals surface area contributed by atoms with E-state index in [2.05, 4.69) is 22.0 Å². The van der Waals surface area contributed by atoms with Crippen LogP contribution in [0.5, 0.6) is 5.75 Å². The van der Waals surface area contributed by atoms with Crippen LogP contribution in [0.4, 0.5) is 0 Å². The highest BCUT2D eigenvalue weighted by atomic mass is 79.9. The van der Waals surface area contributed by atoms with E-state index < -0.39 is 6.10 Å². The number of aliphatic hydroxyl groups is 1. The average Bonchev–Trinajstić information content (AvgIpc) is 2.35. The molecule has 0 saturated heterocycles. The molecule has 0 spiro atoms. The van der Waals surface area contributed by atoms with Crippen LogP contribution in [0.3, 0.4) is 0 Å². The fourth-order valence-corrected chi connectivity index (χ4v) is 1.68. The molecular weight excluding hydrogens is 268 g/mol. The Kier molecular flexibility index (Phi) is 3.80. The lowest BCUT2D eigenvalue weighted by Crippen LogP contribution is -2.18. The van der Waals surface area contributed by atoms with Crippen molar-refractivity contribution >= 4 is 26.7 Å². The predicted molar refractivity (Wildman–Crippen MR) is 69.2 cm³/mol. The van der Waals surface area contributed by atoms with Crippen molar-refractivity contribution < 1.29 is 9.84 Å². The summed E-state index contributed by atoms with van der Waals surface area (Å²) in [4.78, 5) is 0. The molecule has 0 aliphatic rings. The molecule has 2 aromatic rings. The molecule has 2 nitrogen and oxygen atoms in total. The van der Waals surface area contributed by atoms with E-state index in [-0.39, 0.29) is 0 Å². The Morgan fingerprint density at radius 3 is 2.62 bits per heavy atom. The number of hydrogen-bond acceptors (Lipinski definition) is 2. The SMILES string of the molecule is O[C@H](CBr)COc1ccc2ccccc2c1. The van der Waals surface area contributed by atoms with Crippen LogP contribution in [-0.2, 0) is 0 Å². The second-order valence-electron chi connectivity index (χ2n) is 3.63. The Labute approximate surface area is 103 Å². The molecule has 0 radical (unpaired) electrons. The van der Waals surface area contributed by atoms with E-state index in [0.717, 1.165) is 11.1 Å². The van der Waals surface area contributed by atoms with E-state index >= 15 is 0 Å². The topological polar surface area (TPSA) is 29.5 Å². The van der Waals surface area contributed by atoms with Gasteiger partial charge in [0.05, 0.1) is 6.10 Å². The maximum absolute atomic E-state index is 9.36. The zero-order chi connectivity index (χ0) is 11.4. The maximum Gasteiger partial charge on any atom is 0.120 e. The molecule has 0 bridgehead atoms. The van der Waals surface area contributed by atoms with Crippen LogP contribution in [0.25, 0.3) is 10.8 Å². The van der Waals surface area contributed by atoms with Crippen LogP contribution in [0.15, 0.2) is 42.5 Å². The smallest absolute Gasteiger partial charge is 0.120 e. The van der Waals surface area contributed by atoms with Crippen LogP contribution >= 0.6 is 15.9 Å². The van der Waals surface area contributed by atoms with Crippen LogP contribution in [0.1, 0.15) is 0 Å². The summed E-state index contributed by atoms with van der Waals surface area (Å²) in [6, 6.07) is 14.0. The van der Waals surface area contributed by atoms with E-state index in [1.165, 1.54) is 5.39 Å². The third-order valence-corrected chi connectivity index (χ3v) is 3.09. The van der Waals surface area contributed by atoms with Gasteiger partial charge in [-0.05, 0) is 22.9 Å². The van der Waals surface area contributed by atoms with Gasteiger partial charge < -0.3 is 9.84 Å². The minimum absolute atomic E-state index is 0.309. The molecular formula is C13H13BrO2. The molecule has 0 aromatic heterocycles. The van der Waals surface area contributed by atoms with Crippen molar-refractivity contribution in [3.8, 4) is 5.75 Å². The van der Waals surface area contributed by atoms with Gasteiger partial charge in [0.15, 0.2) is 0 Å². The van der Waals surface area contributed by atoms with E-state index in [1.807, 2.05) is 36.4 Å². The summed E-state index contributed by atoms with van der Waals surface area (Å²) in [6.45, 7) is 0.309. The Morgan fingerprint density at radius 1 is 1.12 bits per heavy atom. The predicted octanol–water partition coefficient (Wildman–Crippen LogP) is 2.97. The summed E-state index contributed by atoms with van der Waals surface area (Å²) >= 11 is 3.20. The number of ether oxygens (including phenoxy) is 1. The Bertz CT molecular complexity index is 470. The number of aliphatic hydroxyl groups excluding tert-OH is 1. The molecule has 0 aliphatic heterocycles. The summed E-state index contributed by atoms with van der Waals surface area (Å²) in [6.07, 6.45) is -0.466. The molecule has 3 heteroatoms. The van der Waals surface area contributed by atoms with Gasteiger partial charge in [-0.1, -0.05) is 46.3 Å². The molecule has 84 valence electrons. The molecule has 1 atom stereocenters. The summed E-state index contributed by atoms with van der Waals surface area (Å²) in [5, 5.41) is 12.2. The van der Waals surface area contributed by atoms with Crippen LogP contribution in [0.2, 0.25) is 0 Å². The quantitative estimate of drug-likeness (QED) is 0.873. The van der Waals surface area contributed by atoms with Gasteiger partial charge in [-0.3, -0.25) is 0 Å². The first kappa shape index (κ1) is 11.4. The first-order valence-electron chi connectivity index (χ1n) is 5.15. The van der Waals surface area contributed by atoms with E-state index in [9.17, 15) is 5.11 Å². The molecule has 2 aromatic carbocycles. The fraction of sp³-hybridized carbons (Fsp3) is 0.231. The lowest BCUT2D eigenvalue weighted by atomic mass is 10.1. The zero-order valence-corrected chi connectivity index (χ0v) is 10.4. The van der Waals surface area contributed by atoms with Gasteiger partial charge in [0.2, 0.25) is 0 Å². The lowest BCUT2D eigenvalue weighted by molar-refractivity contribution is 0.127. The molecule has 0 saturated carbocycles. The third kappa shape index (κ3) is 2.74. The van der Waals surface area contributed by atoms with Crippen molar-refractivity contribution in [3.05, 3.63) is 42.5 Å². The van der Waals surface area contributed by atoms with Crippen molar-refractivity contribution in [1.29, 1.82) is 0 Å². The van der Waals surface area contributed by atoms with Gasteiger partial charge in [0, 0.05) is 5.33 Å². The number of fused-ring (bicyclic) bond motifs is 1. The van der Waals surface area contributed by atoms with E-state index in [0.29, 0.717) is 11.9 Å². The number of hydrogen-bond donors (Lipinski definition) is 1. The standard InChI is InChI=1S/C13H13BrO2/c14-8-12(15)9-16-13-6-5-10-3-1-2-4-11(10)7-13/h1-7,12,15H,8-9H2/t12-/m1/s1. The van der Waals surface area contributed by atoms with Crippen LogP contribution < -0.4 is 4.74 Å². The van der Waals surface area contributed by atoms with Crippen LogP contribution in [-0.4, -0.2) is 23.1 Å². The summed E-state index contributed by atoms with van der Waals surface area (Å²) in [5.41, 5.74) is 0. The number of rotatable bonds is 4. The summed E-state index contributed by atoms with van der Waals surface area (Å²) in [5.74, 6) is 0.790. The largest absolute Gasteiger partial charge is 0.491 e. The number of benzene rings is 2. The molecule has 0 aliphatic carbocycles. The Hall–Kier alpha value is -1.06. The van der Waals surface area contributed by atoms with E-state index in [1.54, 1.807) is 0 Å². The molecule has 0 unspecified atom stereocenters. The first-order chi connectivity index (χ1) is 7.79. The Morgan fingerprint density at radius 2 is 1.88 bits per heavy atom. The van der Waals surface area contributed by atoms with Gasteiger partial charge in [-0.2, -0.15) is 0 Å². The molecule has 1 N–H and O–H groups in total. The van der Waals surface area contributed by atoms with Crippen molar-refractivity contribution in [2.45, 2.75) is 6.10 Å². The van der Waals surface area contributed by atoms with Crippen molar-refractivity contribution in [2.75, 3.05) is 11.9 Å². The average molecular weight is 281 g/mol. The maximum atomic E-state index is 9.36. The minimum atomic E-state index is -0.466. The molecule has 0 heterocycles. The van der Waals surface area contributed by atoms with Gasteiger partial charge in [-0.15, -0.1) is 0 Å². The van der Waals surface area contributed by atoms with Gasteiger partial charge >= 0.3 is 0 Å². The fourth-order valence-electron chi connectivity index (χ4n) is 1.49. The van der Waals surface area contributed by atoms with Gasteiger partial charge in [0.25, 0.3) is 0 Å². The summed E-state index contributed by atoms with van der Waals surface area (Å²) in [7, 11) is 0. The Balaban J connectivity index is 2.13. The van der Waals surface area contributed by atoms with Crippen LogP contribution in [0, 0.1) is 0 Å². The first-order valence-corrected chi connectivity index (χ1v) is 6.27. The monoisotopic (exact) mass is 280 g/mol. The number of halogens is 1. The molecule has 0 fully saturated rings. The molecule has 16 heavy (non-hydrogen) atoms. The normalized spacial score (nSPS) is 12.6. The highest BCUT2D eigenvalue weighted by Gasteiger charge is 2.03. The second kappa shape index (κ2) is 5.32. The lowest BCUT2D eigenvalue weighted by Gasteiger charge is -2.10. The van der Waals surface area contributed by atoms with E-state index in [4.69, 9.17) is 4.74 Å². The highest BCUT2D eigenvalue weighted by molar-refractivity contribution is 9.09. The van der Waals surface area contributed by atoms with Gasteiger partial charge in [0.1, 0.15) is 12.4 Å². The second-order valence-corrected chi connectivity index (χ2v) is 4.28.